The summed E-state index contributed by atoms with van der Waals surface area (Å²) in [6.45, 7) is 4.99. The number of pyridine rings is 1. The van der Waals surface area contributed by atoms with Crippen LogP contribution >= 0.6 is 11.3 Å². The highest BCUT2D eigenvalue weighted by atomic mass is 32.1. The van der Waals surface area contributed by atoms with Crippen LogP contribution in [0.4, 0.5) is 0 Å². The van der Waals surface area contributed by atoms with Crippen molar-refractivity contribution in [3.05, 3.63) is 56.7 Å². The molecule has 4 rings (SSSR count). The molecule has 1 aliphatic rings. The lowest BCUT2D eigenvalue weighted by molar-refractivity contribution is 0.509. The number of hydrogen-bond donors (Lipinski definition) is 2. The minimum absolute atomic E-state index is 0.00193. The van der Waals surface area contributed by atoms with Crippen LogP contribution < -0.4 is 10.9 Å². The molecule has 3 heterocycles. The van der Waals surface area contributed by atoms with E-state index in [1.807, 2.05) is 25.3 Å². The van der Waals surface area contributed by atoms with E-state index in [1.54, 1.807) is 17.5 Å². The highest BCUT2D eigenvalue weighted by molar-refractivity contribution is 7.18. The van der Waals surface area contributed by atoms with Crippen molar-refractivity contribution in [3.8, 4) is 0 Å². The van der Waals surface area contributed by atoms with Crippen LogP contribution in [0.1, 0.15) is 48.1 Å². The van der Waals surface area contributed by atoms with E-state index in [4.69, 9.17) is 4.98 Å². The summed E-state index contributed by atoms with van der Waals surface area (Å²) in [5.74, 6) is 1.40. The smallest absolute Gasteiger partial charge is 0.259 e. The monoisotopic (exact) mass is 354 g/mol. The number of hydrogen-bond acceptors (Lipinski definition) is 5. The summed E-state index contributed by atoms with van der Waals surface area (Å²) >= 11 is 1.69. The van der Waals surface area contributed by atoms with Crippen molar-refractivity contribution in [1.82, 2.24) is 20.3 Å². The van der Waals surface area contributed by atoms with Crippen LogP contribution in [0.3, 0.4) is 0 Å². The van der Waals surface area contributed by atoms with Crippen molar-refractivity contribution in [2.24, 2.45) is 5.92 Å². The van der Waals surface area contributed by atoms with Gasteiger partial charge in [-0.25, -0.2) is 4.98 Å². The quantitative estimate of drug-likeness (QED) is 0.754. The third kappa shape index (κ3) is 3.24. The fourth-order valence-electron chi connectivity index (χ4n) is 3.44. The molecule has 2 N–H and O–H groups in total. The van der Waals surface area contributed by atoms with E-state index in [-0.39, 0.29) is 11.6 Å². The van der Waals surface area contributed by atoms with Gasteiger partial charge < -0.3 is 10.3 Å². The van der Waals surface area contributed by atoms with Gasteiger partial charge in [0.15, 0.2) is 0 Å². The molecule has 0 fully saturated rings. The number of nitrogens with zero attached hydrogens (tertiary/aromatic N) is 2. The lowest BCUT2D eigenvalue weighted by Crippen LogP contribution is -2.23. The molecule has 0 aromatic carbocycles. The first-order valence-corrected chi connectivity index (χ1v) is 9.60. The first-order chi connectivity index (χ1) is 12.1. The topological polar surface area (TPSA) is 70.7 Å². The lowest BCUT2D eigenvalue weighted by atomic mass is 9.89. The van der Waals surface area contributed by atoms with Crippen molar-refractivity contribution >= 4 is 21.6 Å². The maximum atomic E-state index is 12.7. The normalized spacial score (nSPS) is 18.2. The third-order valence-corrected chi connectivity index (χ3v) is 6.08. The molecule has 3 aromatic rings. The minimum atomic E-state index is -0.0321. The second kappa shape index (κ2) is 6.69. The van der Waals surface area contributed by atoms with E-state index in [0.29, 0.717) is 18.3 Å². The zero-order valence-electron chi connectivity index (χ0n) is 14.5. The van der Waals surface area contributed by atoms with Gasteiger partial charge in [-0.2, -0.15) is 0 Å². The van der Waals surface area contributed by atoms with Crippen molar-refractivity contribution < 1.29 is 0 Å². The fraction of sp³-hybridized carbons (Fsp3) is 0.421. The second-order valence-corrected chi connectivity index (χ2v) is 8.03. The summed E-state index contributed by atoms with van der Waals surface area (Å²) in [5.41, 5.74) is 2.34. The maximum absolute atomic E-state index is 12.7. The van der Waals surface area contributed by atoms with E-state index >= 15 is 0 Å². The van der Waals surface area contributed by atoms with Gasteiger partial charge in [0.25, 0.3) is 5.56 Å². The number of aromatic nitrogens is 3. The first kappa shape index (κ1) is 16.4. The fourth-order valence-corrected chi connectivity index (χ4v) is 4.83. The molecule has 2 atom stereocenters. The van der Waals surface area contributed by atoms with Gasteiger partial charge in [-0.1, -0.05) is 13.0 Å². The predicted octanol–water partition coefficient (Wildman–Crippen LogP) is 3.36. The van der Waals surface area contributed by atoms with Crippen molar-refractivity contribution in [3.63, 3.8) is 0 Å². The zero-order chi connectivity index (χ0) is 17.4. The Morgan fingerprint density at radius 1 is 1.48 bits per heavy atom. The average Bonchev–Trinajstić information content (AvgIpc) is 2.98. The first-order valence-electron chi connectivity index (χ1n) is 8.78. The summed E-state index contributed by atoms with van der Waals surface area (Å²) in [6.07, 6.45) is 6.82. The average molecular weight is 354 g/mol. The molecule has 0 spiro atoms. The Hall–Kier alpha value is -2.05. The molecule has 0 bridgehead atoms. The molecule has 0 aliphatic heterocycles. The van der Waals surface area contributed by atoms with Gasteiger partial charge in [-0.15, -0.1) is 11.3 Å². The Labute approximate surface area is 150 Å². The van der Waals surface area contributed by atoms with Crippen LogP contribution in [0.25, 0.3) is 10.2 Å². The Morgan fingerprint density at radius 2 is 2.36 bits per heavy atom. The Morgan fingerprint density at radius 3 is 3.16 bits per heavy atom. The van der Waals surface area contributed by atoms with Crippen molar-refractivity contribution in [2.75, 3.05) is 0 Å². The predicted molar refractivity (Wildman–Crippen MR) is 101 cm³/mol. The second-order valence-electron chi connectivity index (χ2n) is 6.95. The summed E-state index contributed by atoms with van der Waals surface area (Å²) in [5, 5.41) is 4.22. The molecule has 5 nitrogen and oxygen atoms in total. The molecule has 0 saturated carbocycles. The lowest BCUT2D eigenvalue weighted by Gasteiger charge is -2.17. The molecule has 3 aromatic heterocycles. The highest BCUT2D eigenvalue weighted by Gasteiger charge is 2.23. The summed E-state index contributed by atoms with van der Waals surface area (Å²) in [7, 11) is 0. The molecule has 25 heavy (non-hydrogen) atoms. The van der Waals surface area contributed by atoms with Gasteiger partial charge in [0.05, 0.1) is 11.4 Å². The molecule has 0 saturated heterocycles. The Bertz CT molecular complexity index is 947. The SMILES string of the molecule is C[C@H]1CCc2c(sc3nc([C@H](C)NCc4cccnc4)[nH]c(=O)c23)C1. The van der Waals surface area contributed by atoms with Crippen molar-refractivity contribution in [2.45, 2.75) is 45.7 Å². The number of thiophene rings is 1. The third-order valence-electron chi connectivity index (χ3n) is 4.93. The number of rotatable bonds is 4. The molecule has 0 unspecified atom stereocenters. The van der Waals surface area contributed by atoms with Gasteiger partial charge in [0.2, 0.25) is 0 Å². The van der Waals surface area contributed by atoms with E-state index in [0.717, 1.165) is 35.0 Å². The van der Waals surface area contributed by atoms with E-state index in [2.05, 4.69) is 22.2 Å². The zero-order valence-corrected chi connectivity index (χ0v) is 15.3. The Kier molecular flexibility index (Phi) is 4.39. The number of nitrogens with one attached hydrogen (secondary N) is 2. The molecule has 130 valence electrons. The van der Waals surface area contributed by atoms with E-state index in [9.17, 15) is 4.79 Å². The molecular formula is C19H22N4OS. The largest absolute Gasteiger partial charge is 0.309 e. The van der Waals surface area contributed by atoms with Gasteiger partial charge >= 0.3 is 0 Å². The van der Waals surface area contributed by atoms with Crippen LogP contribution in [-0.4, -0.2) is 15.0 Å². The standard InChI is InChI=1S/C19H22N4OS/c1-11-5-6-14-15(8-11)25-19-16(14)18(24)22-17(23-19)12(2)21-10-13-4-3-7-20-9-13/h3-4,7,9,11-12,21H,5-6,8,10H2,1-2H3,(H,22,23,24)/t11-,12-/m0/s1. The molecule has 0 radical (unpaired) electrons. The molecule has 0 amide bonds. The molecule has 1 aliphatic carbocycles. The maximum Gasteiger partial charge on any atom is 0.259 e. The van der Waals surface area contributed by atoms with E-state index in [1.165, 1.54) is 10.4 Å². The van der Waals surface area contributed by atoms with Gasteiger partial charge in [-0.05, 0) is 49.3 Å². The number of H-pyrrole nitrogens is 1. The van der Waals surface area contributed by atoms with Crippen LogP contribution in [0.2, 0.25) is 0 Å². The van der Waals surface area contributed by atoms with Crippen LogP contribution in [-0.2, 0) is 19.4 Å². The number of aromatic amines is 1. The van der Waals surface area contributed by atoms with Gasteiger partial charge in [0, 0.05) is 23.8 Å². The summed E-state index contributed by atoms with van der Waals surface area (Å²) in [4.78, 5) is 26.8. The number of aryl methyl sites for hydroxylation is 1. The minimum Gasteiger partial charge on any atom is -0.309 e. The van der Waals surface area contributed by atoms with Crippen LogP contribution in [0.15, 0.2) is 29.3 Å². The van der Waals surface area contributed by atoms with Crippen LogP contribution in [0.5, 0.6) is 0 Å². The summed E-state index contributed by atoms with van der Waals surface area (Å²) in [6, 6.07) is 3.92. The van der Waals surface area contributed by atoms with Gasteiger partial charge in [-0.3, -0.25) is 9.78 Å². The number of fused-ring (bicyclic) bond motifs is 3. The highest BCUT2D eigenvalue weighted by Crippen LogP contribution is 2.35. The Balaban J connectivity index is 1.61. The molecular weight excluding hydrogens is 332 g/mol. The summed E-state index contributed by atoms with van der Waals surface area (Å²) < 4.78 is 0. The van der Waals surface area contributed by atoms with Gasteiger partial charge in [0.1, 0.15) is 10.7 Å². The van der Waals surface area contributed by atoms with Crippen LogP contribution in [0, 0.1) is 5.92 Å². The van der Waals surface area contributed by atoms with Crippen molar-refractivity contribution in [1.29, 1.82) is 0 Å². The van der Waals surface area contributed by atoms with E-state index < -0.39 is 0 Å². The molecule has 6 heteroatoms.